The van der Waals surface area contributed by atoms with E-state index in [4.69, 9.17) is 0 Å². The predicted octanol–water partition coefficient (Wildman–Crippen LogP) is 4.37. The van der Waals surface area contributed by atoms with Crippen LogP contribution in [-0.2, 0) is 0 Å². The van der Waals surface area contributed by atoms with Crippen LogP contribution < -0.4 is 5.32 Å². The zero-order chi connectivity index (χ0) is 11.8. The summed E-state index contributed by atoms with van der Waals surface area (Å²) in [6.07, 6.45) is 11.2. The van der Waals surface area contributed by atoms with Crippen LogP contribution in [0.5, 0.6) is 0 Å². The summed E-state index contributed by atoms with van der Waals surface area (Å²) in [6.45, 7) is 8.21. The van der Waals surface area contributed by atoms with E-state index in [0.29, 0.717) is 0 Å². The van der Waals surface area contributed by atoms with Crippen molar-refractivity contribution in [1.82, 2.24) is 5.32 Å². The first-order chi connectivity index (χ1) is 7.80. The van der Waals surface area contributed by atoms with Crippen LogP contribution in [0.1, 0.15) is 72.1 Å². The minimum atomic E-state index is 0.772. The normalized spacial score (nSPS) is 27.9. The molecule has 1 aliphatic carbocycles. The van der Waals surface area contributed by atoms with Gasteiger partial charge in [-0.25, -0.2) is 0 Å². The smallest absolute Gasteiger partial charge is 0.00644 e. The van der Waals surface area contributed by atoms with Gasteiger partial charge >= 0.3 is 0 Å². The lowest BCUT2D eigenvalue weighted by molar-refractivity contribution is 0.254. The molecule has 0 heterocycles. The van der Waals surface area contributed by atoms with Gasteiger partial charge in [-0.1, -0.05) is 46.5 Å². The summed E-state index contributed by atoms with van der Waals surface area (Å²) in [7, 11) is 0. The molecule has 1 fully saturated rings. The van der Waals surface area contributed by atoms with Crippen molar-refractivity contribution in [3.8, 4) is 0 Å². The maximum atomic E-state index is 3.77. The molecule has 0 aliphatic heterocycles. The fourth-order valence-corrected chi connectivity index (χ4v) is 2.98. The molecule has 1 heteroatoms. The molecule has 0 saturated heterocycles. The molecule has 16 heavy (non-hydrogen) atoms. The third-order valence-corrected chi connectivity index (χ3v) is 4.37. The lowest BCUT2D eigenvalue weighted by Crippen LogP contribution is -2.34. The first-order valence-electron chi connectivity index (χ1n) is 7.53. The fraction of sp³-hybridized carbons (Fsp3) is 1.00. The van der Waals surface area contributed by atoms with E-state index in [0.717, 1.165) is 17.9 Å². The van der Waals surface area contributed by atoms with Crippen molar-refractivity contribution in [2.75, 3.05) is 6.54 Å². The molecule has 1 atom stereocenters. The Kier molecular flexibility index (Phi) is 7.11. The first kappa shape index (κ1) is 14.0. The lowest BCUT2D eigenvalue weighted by atomic mass is 9.81. The minimum absolute atomic E-state index is 0.772. The van der Waals surface area contributed by atoms with Gasteiger partial charge in [0.25, 0.3) is 0 Å². The Hall–Kier alpha value is -0.0400. The summed E-state index contributed by atoms with van der Waals surface area (Å²) in [5.41, 5.74) is 0. The van der Waals surface area contributed by atoms with Crippen LogP contribution in [0.2, 0.25) is 0 Å². The molecule has 0 aromatic rings. The van der Waals surface area contributed by atoms with Crippen LogP contribution in [-0.4, -0.2) is 12.6 Å². The predicted molar refractivity (Wildman–Crippen MR) is 72.7 cm³/mol. The van der Waals surface area contributed by atoms with E-state index >= 15 is 0 Å². The van der Waals surface area contributed by atoms with E-state index < -0.39 is 0 Å². The van der Waals surface area contributed by atoms with Crippen LogP contribution in [0.4, 0.5) is 0 Å². The monoisotopic (exact) mass is 225 g/mol. The molecule has 1 nitrogen and oxygen atoms in total. The minimum Gasteiger partial charge on any atom is -0.314 e. The maximum absolute atomic E-state index is 3.77. The Morgan fingerprint density at radius 3 is 2.12 bits per heavy atom. The lowest BCUT2D eigenvalue weighted by Gasteiger charge is -2.29. The molecule has 1 unspecified atom stereocenters. The number of hydrogen-bond donors (Lipinski definition) is 1. The summed E-state index contributed by atoms with van der Waals surface area (Å²) in [5.74, 6) is 2.00. The van der Waals surface area contributed by atoms with Crippen LogP contribution in [0.15, 0.2) is 0 Å². The van der Waals surface area contributed by atoms with Gasteiger partial charge in [0.2, 0.25) is 0 Å². The van der Waals surface area contributed by atoms with Gasteiger partial charge in [-0.3, -0.25) is 0 Å². The molecular formula is C15H31N. The molecular weight excluding hydrogens is 194 g/mol. The summed E-state index contributed by atoms with van der Waals surface area (Å²) < 4.78 is 0. The van der Waals surface area contributed by atoms with Gasteiger partial charge in [0.15, 0.2) is 0 Å². The summed E-state index contributed by atoms with van der Waals surface area (Å²) in [5, 5.41) is 3.77. The molecule has 1 saturated carbocycles. The van der Waals surface area contributed by atoms with Gasteiger partial charge < -0.3 is 5.32 Å². The van der Waals surface area contributed by atoms with Gasteiger partial charge in [-0.15, -0.1) is 0 Å². The van der Waals surface area contributed by atoms with E-state index in [9.17, 15) is 0 Å². The van der Waals surface area contributed by atoms with Crippen molar-refractivity contribution in [3.63, 3.8) is 0 Å². The second-order valence-electron chi connectivity index (χ2n) is 5.60. The zero-order valence-corrected chi connectivity index (χ0v) is 11.6. The van der Waals surface area contributed by atoms with Crippen LogP contribution in [0.3, 0.4) is 0 Å². The Labute approximate surface area is 102 Å². The number of nitrogens with one attached hydrogen (secondary N) is 1. The van der Waals surface area contributed by atoms with Crippen LogP contribution >= 0.6 is 0 Å². The molecule has 0 spiro atoms. The summed E-state index contributed by atoms with van der Waals surface area (Å²) in [4.78, 5) is 0. The van der Waals surface area contributed by atoms with Crippen molar-refractivity contribution in [1.29, 1.82) is 0 Å². The summed E-state index contributed by atoms with van der Waals surface area (Å²) >= 11 is 0. The second-order valence-corrected chi connectivity index (χ2v) is 5.60. The van der Waals surface area contributed by atoms with Gasteiger partial charge in [0.1, 0.15) is 0 Å². The molecule has 0 amide bonds. The van der Waals surface area contributed by atoms with E-state index in [1.165, 1.54) is 57.9 Å². The van der Waals surface area contributed by atoms with Gasteiger partial charge in [0.05, 0.1) is 0 Å². The zero-order valence-electron chi connectivity index (χ0n) is 11.6. The molecule has 0 aromatic carbocycles. The van der Waals surface area contributed by atoms with Gasteiger partial charge in [0, 0.05) is 6.04 Å². The second kappa shape index (κ2) is 8.11. The van der Waals surface area contributed by atoms with Crippen LogP contribution in [0, 0.1) is 11.8 Å². The van der Waals surface area contributed by atoms with Gasteiger partial charge in [-0.2, -0.15) is 0 Å². The number of hydrogen-bond acceptors (Lipinski definition) is 1. The van der Waals surface area contributed by atoms with Crippen molar-refractivity contribution >= 4 is 0 Å². The van der Waals surface area contributed by atoms with Crippen molar-refractivity contribution in [2.45, 2.75) is 78.2 Å². The topological polar surface area (TPSA) is 12.0 Å². The fourth-order valence-electron chi connectivity index (χ4n) is 2.98. The largest absolute Gasteiger partial charge is 0.314 e. The average Bonchev–Trinajstić information content (AvgIpc) is 2.35. The Morgan fingerprint density at radius 2 is 1.62 bits per heavy atom. The Balaban J connectivity index is 2.13. The molecule has 0 bridgehead atoms. The quantitative estimate of drug-likeness (QED) is 0.678. The SMILES string of the molecule is CCCC(CC)NCC1CCC(CC)CC1. The van der Waals surface area contributed by atoms with E-state index in [1.54, 1.807) is 0 Å². The first-order valence-corrected chi connectivity index (χ1v) is 7.53. The van der Waals surface area contributed by atoms with Crippen molar-refractivity contribution < 1.29 is 0 Å². The van der Waals surface area contributed by atoms with Crippen LogP contribution in [0.25, 0.3) is 0 Å². The highest BCUT2D eigenvalue weighted by Gasteiger charge is 2.20. The molecule has 0 aromatic heterocycles. The number of rotatable bonds is 7. The molecule has 1 N–H and O–H groups in total. The highest BCUT2D eigenvalue weighted by Crippen LogP contribution is 2.30. The third-order valence-electron chi connectivity index (χ3n) is 4.37. The van der Waals surface area contributed by atoms with E-state index in [1.807, 2.05) is 0 Å². The van der Waals surface area contributed by atoms with Crippen molar-refractivity contribution in [2.24, 2.45) is 11.8 Å². The highest BCUT2D eigenvalue weighted by atomic mass is 14.9. The molecule has 1 aliphatic rings. The van der Waals surface area contributed by atoms with E-state index in [2.05, 4.69) is 26.1 Å². The Morgan fingerprint density at radius 1 is 1.00 bits per heavy atom. The van der Waals surface area contributed by atoms with Crippen molar-refractivity contribution in [3.05, 3.63) is 0 Å². The Bertz CT molecular complexity index is 159. The maximum Gasteiger partial charge on any atom is 0.00644 e. The average molecular weight is 225 g/mol. The standard InChI is InChI=1S/C15H31N/c1-4-7-15(6-3)16-12-14-10-8-13(5-2)9-11-14/h13-16H,4-12H2,1-3H3. The highest BCUT2D eigenvalue weighted by molar-refractivity contribution is 4.75. The molecule has 1 rings (SSSR count). The van der Waals surface area contributed by atoms with Gasteiger partial charge in [-0.05, 0) is 44.1 Å². The molecule has 96 valence electrons. The third kappa shape index (κ3) is 4.86. The summed E-state index contributed by atoms with van der Waals surface area (Å²) in [6, 6.07) is 0.772. The molecule has 0 radical (unpaired) electrons. The van der Waals surface area contributed by atoms with E-state index in [-0.39, 0.29) is 0 Å².